The van der Waals surface area contributed by atoms with E-state index in [1.807, 2.05) is 54.6 Å². The van der Waals surface area contributed by atoms with Gasteiger partial charge in [-0.15, -0.1) is 23.2 Å². The van der Waals surface area contributed by atoms with Crippen LogP contribution in [0.5, 0.6) is 0 Å². The summed E-state index contributed by atoms with van der Waals surface area (Å²) in [6, 6.07) is 17.1. The molecule has 0 radical (unpaired) electrons. The van der Waals surface area contributed by atoms with Crippen LogP contribution in [0.4, 0.5) is 5.69 Å². The predicted molar refractivity (Wildman–Crippen MR) is 89.9 cm³/mol. The van der Waals surface area contributed by atoms with Gasteiger partial charge in [-0.2, -0.15) is 0 Å². The smallest absolute Gasteiger partial charge is 0.231 e. The molecule has 2 aromatic rings. The topological polar surface area (TPSA) is 29.1 Å². The molecule has 0 saturated heterocycles. The minimum Gasteiger partial charge on any atom is -0.326 e. The quantitative estimate of drug-likeness (QED) is 0.743. The number of anilines is 1. The molecule has 1 aliphatic carbocycles. The second kappa shape index (κ2) is 5.64. The lowest BCUT2D eigenvalue weighted by Crippen LogP contribution is -2.17. The molecule has 2 atom stereocenters. The first-order valence-electron chi connectivity index (χ1n) is 6.49. The van der Waals surface area contributed by atoms with E-state index in [9.17, 15) is 4.79 Å². The summed E-state index contributed by atoms with van der Waals surface area (Å²) in [4.78, 5) is 12.4. The maximum absolute atomic E-state index is 12.4. The summed E-state index contributed by atoms with van der Waals surface area (Å²) in [6.45, 7) is 0. The maximum atomic E-state index is 12.4. The lowest BCUT2D eigenvalue weighted by molar-refractivity contribution is -0.117. The predicted octanol–water partition coefficient (Wildman–Crippen LogP) is 4.98. The molecule has 108 valence electrons. The first-order valence-corrected chi connectivity index (χ1v) is 8.04. The van der Waals surface area contributed by atoms with Gasteiger partial charge in [0.15, 0.2) is 0 Å². The van der Waals surface area contributed by atoms with Gasteiger partial charge in [-0.05, 0) is 23.8 Å². The van der Waals surface area contributed by atoms with E-state index >= 15 is 0 Å². The third-order valence-electron chi connectivity index (χ3n) is 3.59. The molecule has 0 unspecified atom stereocenters. The van der Waals surface area contributed by atoms with Crippen molar-refractivity contribution in [2.75, 3.05) is 5.32 Å². The van der Waals surface area contributed by atoms with Crippen molar-refractivity contribution in [3.8, 4) is 0 Å². The van der Waals surface area contributed by atoms with Crippen molar-refractivity contribution in [2.45, 2.75) is 10.3 Å². The molecule has 0 bridgehead atoms. The van der Waals surface area contributed by atoms with Crippen LogP contribution in [-0.4, -0.2) is 10.2 Å². The van der Waals surface area contributed by atoms with Gasteiger partial charge in [-0.3, -0.25) is 4.79 Å². The highest BCUT2D eigenvalue weighted by molar-refractivity contribution is 9.10. The van der Waals surface area contributed by atoms with E-state index in [2.05, 4.69) is 21.2 Å². The fraction of sp³-hybridized carbons (Fsp3) is 0.188. The molecule has 0 aromatic heterocycles. The SMILES string of the molecule is O=C(Nc1cccc(Br)c1)[C@@H]1[C@H](c2ccccc2)C1(Cl)Cl. The number of nitrogens with one attached hydrogen (secondary N) is 1. The first kappa shape index (κ1) is 14.9. The Bertz CT molecular complexity index is 675. The third kappa shape index (κ3) is 2.96. The summed E-state index contributed by atoms with van der Waals surface area (Å²) < 4.78 is -0.143. The van der Waals surface area contributed by atoms with E-state index in [0.29, 0.717) is 0 Å². The molecule has 21 heavy (non-hydrogen) atoms. The van der Waals surface area contributed by atoms with Crippen LogP contribution in [0.15, 0.2) is 59.1 Å². The van der Waals surface area contributed by atoms with Gasteiger partial charge in [0.2, 0.25) is 5.91 Å². The minimum absolute atomic E-state index is 0.160. The maximum Gasteiger partial charge on any atom is 0.231 e. The normalized spacial score (nSPS) is 22.6. The van der Waals surface area contributed by atoms with Crippen molar-refractivity contribution < 1.29 is 4.79 Å². The summed E-state index contributed by atoms with van der Waals surface area (Å²) in [7, 11) is 0. The highest BCUT2D eigenvalue weighted by Gasteiger charge is 2.67. The molecule has 1 fully saturated rings. The molecular weight excluding hydrogens is 373 g/mol. The van der Waals surface area contributed by atoms with Crippen molar-refractivity contribution >= 4 is 50.7 Å². The number of carbonyl (C=O) groups is 1. The van der Waals surface area contributed by atoms with E-state index in [4.69, 9.17) is 23.2 Å². The molecule has 0 spiro atoms. The molecule has 1 aliphatic rings. The second-order valence-electron chi connectivity index (χ2n) is 5.04. The third-order valence-corrected chi connectivity index (χ3v) is 5.02. The Morgan fingerprint density at radius 2 is 1.81 bits per heavy atom. The van der Waals surface area contributed by atoms with Crippen LogP contribution in [-0.2, 0) is 4.79 Å². The van der Waals surface area contributed by atoms with Crippen molar-refractivity contribution in [1.29, 1.82) is 0 Å². The Hall–Kier alpha value is -1.03. The second-order valence-corrected chi connectivity index (χ2v) is 7.40. The molecule has 1 N–H and O–H groups in total. The van der Waals surface area contributed by atoms with Gasteiger partial charge < -0.3 is 5.32 Å². The standard InChI is InChI=1S/C16H12BrCl2NO/c17-11-7-4-8-12(9-11)20-15(21)14-13(16(14,18)19)10-5-2-1-3-6-10/h1-9,13-14H,(H,20,21)/t13-,14-/m0/s1. The average Bonchev–Trinajstić information content (AvgIpc) is 3.03. The van der Waals surface area contributed by atoms with E-state index in [1.54, 1.807) is 0 Å². The Morgan fingerprint density at radius 1 is 1.10 bits per heavy atom. The molecular formula is C16H12BrCl2NO. The highest BCUT2D eigenvalue weighted by atomic mass is 79.9. The Morgan fingerprint density at radius 3 is 2.48 bits per heavy atom. The number of carbonyl (C=O) groups excluding carboxylic acids is 1. The molecule has 2 aromatic carbocycles. The Balaban J connectivity index is 1.77. The fourth-order valence-electron chi connectivity index (χ4n) is 2.51. The molecule has 1 saturated carbocycles. The number of benzene rings is 2. The van der Waals surface area contributed by atoms with Crippen molar-refractivity contribution in [2.24, 2.45) is 5.92 Å². The van der Waals surface area contributed by atoms with Gasteiger partial charge in [-0.25, -0.2) is 0 Å². The van der Waals surface area contributed by atoms with E-state index in [-0.39, 0.29) is 11.8 Å². The lowest BCUT2D eigenvalue weighted by atomic mass is 10.1. The fourth-order valence-corrected chi connectivity index (χ4v) is 3.74. The minimum atomic E-state index is -1.04. The molecule has 1 amide bonds. The number of rotatable bonds is 3. The van der Waals surface area contributed by atoms with Gasteiger partial charge >= 0.3 is 0 Å². The summed E-state index contributed by atoms with van der Waals surface area (Å²) in [5.41, 5.74) is 1.70. The molecule has 2 nitrogen and oxygen atoms in total. The van der Waals surface area contributed by atoms with Crippen molar-refractivity contribution in [3.05, 3.63) is 64.6 Å². The summed E-state index contributed by atoms with van der Waals surface area (Å²) >= 11 is 16.0. The van der Waals surface area contributed by atoms with Crippen molar-refractivity contribution in [3.63, 3.8) is 0 Å². The number of hydrogen-bond donors (Lipinski definition) is 1. The summed E-state index contributed by atoms with van der Waals surface area (Å²) in [5, 5.41) is 2.86. The van der Waals surface area contributed by atoms with Gasteiger partial charge in [0.25, 0.3) is 0 Å². The van der Waals surface area contributed by atoms with Crippen LogP contribution >= 0.6 is 39.1 Å². The number of alkyl halides is 2. The average molecular weight is 385 g/mol. The Kier molecular flexibility index (Phi) is 4.00. The van der Waals surface area contributed by atoms with Crippen LogP contribution in [0.3, 0.4) is 0 Å². The van der Waals surface area contributed by atoms with Crippen LogP contribution < -0.4 is 5.32 Å². The molecule has 5 heteroatoms. The zero-order valence-electron chi connectivity index (χ0n) is 10.9. The van der Waals surface area contributed by atoms with E-state index < -0.39 is 10.3 Å². The van der Waals surface area contributed by atoms with Crippen LogP contribution in [0, 0.1) is 5.92 Å². The number of hydrogen-bond acceptors (Lipinski definition) is 1. The lowest BCUT2D eigenvalue weighted by Gasteiger charge is -2.05. The van der Waals surface area contributed by atoms with Gasteiger partial charge in [0.1, 0.15) is 4.33 Å². The highest BCUT2D eigenvalue weighted by Crippen LogP contribution is 2.65. The summed E-state index contributed by atoms with van der Waals surface area (Å²) in [5.74, 6) is -0.775. The van der Waals surface area contributed by atoms with Crippen LogP contribution in [0.1, 0.15) is 11.5 Å². The van der Waals surface area contributed by atoms with Gasteiger partial charge in [0.05, 0.1) is 5.92 Å². The number of amides is 1. The zero-order chi connectivity index (χ0) is 15.0. The molecule has 0 heterocycles. The van der Waals surface area contributed by atoms with Crippen molar-refractivity contribution in [1.82, 2.24) is 0 Å². The molecule has 3 rings (SSSR count). The zero-order valence-corrected chi connectivity index (χ0v) is 14.0. The van der Waals surface area contributed by atoms with Gasteiger partial charge in [0, 0.05) is 16.1 Å². The van der Waals surface area contributed by atoms with Gasteiger partial charge in [-0.1, -0.05) is 52.3 Å². The van der Waals surface area contributed by atoms with E-state index in [1.165, 1.54) is 0 Å². The Labute approximate surface area is 141 Å². The van der Waals surface area contributed by atoms with Crippen LogP contribution in [0.25, 0.3) is 0 Å². The van der Waals surface area contributed by atoms with E-state index in [0.717, 1.165) is 15.7 Å². The van der Waals surface area contributed by atoms with Crippen LogP contribution in [0.2, 0.25) is 0 Å². The first-order chi connectivity index (χ1) is 10.00. The molecule has 0 aliphatic heterocycles. The number of halogens is 3. The monoisotopic (exact) mass is 383 g/mol. The largest absolute Gasteiger partial charge is 0.326 e. The summed E-state index contributed by atoms with van der Waals surface area (Å²) in [6.07, 6.45) is 0.